The predicted molar refractivity (Wildman–Crippen MR) is 67.8 cm³/mol. The molecule has 0 aliphatic rings. The van der Waals surface area contributed by atoms with E-state index in [1.54, 1.807) is 12.4 Å². The first-order chi connectivity index (χ1) is 8.36. The molecule has 3 nitrogen and oxygen atoms in total. The lowest BCUT2D eigenvalue weighted by Crippen LogP contribution is -2.07. The van der Waals surface area contributed by atoms with Crippen LogP contribution in [0.2, 0.25) is 0 Å². The van der Waals surface area contributed by atoms with E-state index in [1.807, 2.05) is 42.5 Å². The molecule has 0 aliphatic carbocycles. The molecule has 3 aromatic rings. The molecule has 0 aliphatic heterocycles. The van der Waals surface area contributed by atoms with Crippen molar-refractivity contribution in [1.29, 1.82) is 0 Å². The Hall–Kier alpha value is -2.42. The maximum absolute atomic E-state index is 11.8. The minimum Gasteiger partial charge on any atom is -0.329 e. The molecule has 0 saturated carbocycles. The fourth-order valence-corrected chi connectivity index (χ4v) is 1.97. The number of hydrogen-bond acceptors (Lipinski definition) is 2. The zero-order valence-corrected chi connectivity index (χ0v) is 9.05. The van der Waals surface area contributed by atoms with Crippen molar-refractivity contribution >= 4 is 10.9 Å². The van der Waals surface area contributed by atoms with Gasteiger partial charge < -0.3 is 4.98 Å². The molecule has 2 aromatic heterocycles. The van der Waals surface area contributed by atoms with Crippen LogP contribution in [-0.2, 0) is 0 Å². The van der Waals surface area contributed by atoms with E-state index in [2.05, 4.69) is 9.97 Å². The maximum Gasteiger partial charge on any atom is 0.255 e. The van der Waals surface area contributed by atoms with Gasteiger partial charge >= 0.3 is 0 Å². The van der Waals surface area contributed by atoms with E-state index in [1.165, 1.54) is 0 Å². The number of rotatable bonds is 1. The van der Waals surface area contributed by atoms with Crippen LogP contribution >= 0.6 is 0 Å². The van der Waals surface area contributed by atoms with Gasteiger partial charge in [-0.1, -0.05) is 18.2 Å². The first kappa shape index (κ1) is 9.78. The van der Waals surface area contributed by atoms with E-state index in [0.29, 0.717) is 5.56 Å². The molecule has 2 heterocycles. The number of nitrogens with zero attached hydrogens (tertiary/aromatic N) is 1. The van der Waals surface area contributed by atoms with E-state index in [9.17, 15) is 4.79 Å². The van der Waals surface area contributed by atoms with Gasteiger partial charge in [0.1, 0.15) is 0 Å². The van der Waals surface area contributed by atoms with Crippen molar-refractivity contribution in [3.63, 3.8) is 0 Å². The van der Waals surface area contributed by atoms with Gasteiger partial charge in [-0.05, 0) is 29.8 Å². The van der Waals surface area contributed by atoms with Crippen molar-refractivity contribution in [2.75, 3.05) is 0 Å². The van der Waals surface area contributed by atoms with Crippen LogP contribution in [0.4, 0.5) is 0 Å². The largest absolute Gasteiger partial charge is 0.329 e. The molecule has 0 bridgehead atoms. The summed E-state index contributed by atoms with van der Waals surface area (Å²) in [5, 5.41) is 0.992. The fourth-order valence-electron chi connectivity index (χ4n) is 1.97. The molecule has 17 heavy (non-hydrogen) atoms. The summed E-state index contributed by atoms with van der Waals surface area (Å²) in [6, 6.07) is 13.3. The molecule has 3 heteroatoms. The molecule has 0 saturated heterocycles. The molecule has 0 radical (unpaired) electrons. The zero-order chi connectivity index (χ0) is 11.7. The van der Waals surface area contributed by atoms with Gasteiger partial charge in [-0.3, -0.25) is 9.78 Å². The Bertz CT molecular complexity index is 726. The smallest absolute Gasteiger partial charge is 0.255 e. The third kappa shape index (κ3) is 1.61. The summed E-state index contributed by atoms with van der Waals surface area (Å²) in [4.78, 5) is 18.8. The van der Waals surface area contributed by atoms with Crippen molar-refractivity contribution in [3.05, 3.63) is 65.2 Å². The summed E-state index contributed by atoms with van der Waals surface area (Å²) < 4.78 is 0. The van der Waals surface area contributed by atoms with Crippen LogP contribution in [0.15, 0.2) is 59.7 Å². The Balaban J connectivity index is 2.39. The second kappa shape index (κ2) is 3.87. The second-order valence-electron chi connectivity index (χ2n) is 3.79. The third-order valence-corrected chi connectivity index (χ3v) is 2.75. The summed E-state index contributed by atoms with van der Waals surface area (Å²) in [7, 11) is 0. The van der Waals surface area contributed by atoms with Gasteiger partial charge in [-0.2, -0.15) is 0 Å². The zero-order valence-electron chi connectivity index (χ0n) is 9.05. The number of hydrogen-bond donors (Lipinski definition) is 1. The van der Waals surface area contributed by atoms with Gasteiger partial charge in [0, 0.05) is 23.3 Å². The second-order valence-corrected chi connectivity index (χ2v) is 3.79. The normalized spacial score (nSPS) is 10.6. The monoisotopic (exact) mass is 222 g/mol. The summed E-state index contributed by atoms with van der Waals surface area (Å²) >= 11 is 0. The Morgan fingerprint density at radius 2 is 1.82 bits per heavy atom. The third-order valence-electron chi connectivity index (χ3n) is 2.75. The number of nitrogens with one attached hydrogen (secondary N) is 1. The SMILES string of the molecule is O=c1[nH]cccc1-c1cccc2ncccc12. The first-order valence-electron chi connectivity index (χ1n) is 5.38. The quantitative estimate of drug-likeness (QED) is 0.687. The van der Waals surface area contributed by atoms with E-state index in [4.69, 9.17) is 0 Å². The molecular weight excluding hydrogens is 212 g/mol. The van der Waals surface area contributed by atoms with E-state index in [-0.39, 0.29) is 5.56 Å². The van der Waals surface area contributed by atoms with Crippen molar-refractivity contribution in [1.82, 2.24) is 9.97 Å². The minimum atomic E-state index is -0.0798. The summed E-state index contributed by atoms with van der Waals surface area (Å²) in [6.45, 7) is 0. The fraction of sp³-hybridized carbons (Fsp3) is 0. The molecule has 3 rings (SSSR count). The first-order valence-corrected chi connectivity index (χ1v) is 5.38. The van der Waals surface area contributed by atoms with Gasteiger partial charge in [0.15, 0.2) is 0 Å². The van der Waals surface area contributed by atoms with E-state index in [0.717, 1.165) is 16.5 Å². The van der Waals surface area contributed by atoms with Crippen LogP contribution in [0.5, 0.6) is 0 Å². The predicted octanol–water partition coefficient (Wildman–Crippen LogP) is 2.59. The average molecular weight is 222 g/mol. The van der Waals surface area contributed by atoms with Gasteiger partial charge in [0.05, 0.1) is 5.52 Å². The Kier molecular flexibility index (Phi) is 2.22. The number of fused-ring (bicyclic) bond motifs is 1. The van der Waals surface area contributed by atoms with Crippen LogP contribution in [0.25, 0.3) is 22.0 Å². The Morgan fingerprint density at radius 3 is 2.71 bits per heavy atom. The number of pyridine rings is 2. The van der Waals surface area contributed by atoms with Gasteiger partial charge in [0.2, 0.25) is 0 Å². The van der Waals surface area contributed by atoms with Gasteiger partial charge in [0.25, 0.3) is 5.56 Å². The number of H-pyrrole nitrogens is 1. The molecule has 0 spiro atoms. The van der Waals surface area contributed by atoms with Gasteiger partial charge in [-0.25, -0.2) is 0 Å². The van der Waals surface area contributed by atoms with Crippen LogP contribution in [0.3, 0.4) is 0 Å². The Labute approximate surface area is 97.8 Å². The highest BCUT2D eigenvalue weighted by molar-refractivity contribution is 5.94. The molecule has 0 fully saturated rings. The number of aromatic amines is 1. The molecular formula is C14H10N2O. The molecule has 82 valence electrons. The Morgan fingerprint density at radius 1 is 0.941 bits per heavy atom. The average Bonchev–Trinajstić information content (AvgIpc) is 2.39. The molecule has 1 aromatic carbocycles. The lowest BCUT2D eigenvalue weighted by Gasteiger charge is -2.04. The highest BCUT2D eigenvalue weighted by Crippen LogP contribution is 2.24. The van der Waals surface area contributed by atoms with Gasteiger partial charge in [-0.15, -0.1) is 0 Å². The molecule has 0 amide bonds. The van der Waals surface area contributed by atoms with Crippen molar-refractivity contribution in [2.24, 2.45) is 0 Å². The van der Waals surface area contributed by atoms with Crippen LogP contribution in [-0.4, -0.2) is 9.97 Å². The van der Waals surface area contributed by atoms with Crippen LogP contribution in [0, 0.1) is 0 Å². The van der Waals surface area contributed by atoms with E-state index < -0.39 is 0 Å². The van der Waals surface area contributed by atoms with Crippen LogP contribution in [0.1, 0.15) is 0 Å². The number of aromatic nitrogens is 2. The van der Waals surface area contributed by atoms with Crippen LogP contribution < -0.4 is 5.56 Å². The summed E-state index contributed by atoms with van der Waals surface area (Å²) in [6.07, 6.45) is 3.39. The highest BCUT2D eigenvalue weighted by atomic mass is 16.1. The molecule has 0 unspecified atom stereocenters. The standard InChI is InChI=1S/C14H10N2O/c17-14-12(6-3-9-16-14)10-4-1-7-13-11(10)5-2-8-15-13/h1-9H,(H,16,17). The van der Waals surface area contributed by atoms with Crippen molar-refractivity contribution in [2.45, 2.75) is 0 Å². The summed E-state index contributed by atoms with van der Waals surface area (Å²) in [5.41, 5.74) is 2.40. The van der Waals surface area contributed by atoms with Crippen molar-refractivity contribution < 1.29 is 0 Å². The maximum atomic E-state index is 11.8. The number of benzene rings is 1. The lowest BCUT2D eigenvalue weighted by atomic mass is 10.0. The van der Waals surface area contributed by atoms with E-state index >= 15 is 0 Å². The minimum absolute atomic E-state index is 0.0798. The summed E-state index contributed by atoms with van der Waals surface area (Å²) in [5.74, 6) is 0. The van der Waals surface area contributed by atoms with Crippen molar-refractivity contribution in [3.8, 4) is 11.1 Å². The molecule has 1 N–H and O–H groups in total. The topological polar surface area (TPSA) is 45.8 Å². The highest BCUT2D eigenvalue weighted by Gasteiger charge is 2.06. The molecule has 0 atom stereocenters. The lowest BCUT2D eigenvalue weighted by molar-refractivity contribution is 1.24.